The van der Waals surface area contributed by atoms with Crippen LogP contribution in [0.3, 0.4) is 0 Å². The van der Waals surface area contributed by atoms with Crippen molar-refractivity contribution in [3.05, 3.63) is 23.9 Å². The number of thiazole rings is 1. The van der Waals surface area contributed by atoms with Crippen LogP contribution in [0.2, 0.25) is 0 Å². The van der Waals surface area contributed by atoms with Gasteiger partial charge in [0.15, 0.2) is 5.13 Å². The molecule has 3 nitrogen and oxygen atoms in total. The quantitative estimate of drug-likeness (QED) is 0.622. The van der Waals surface area contributed by atoms with Crippen molar-refractivity contribution in [1.29, 1.82) is 0 Å². The first-order valence-electron chi connectivity index (χ1n) is 7.74. The summed E-state index contributed by atoms with van der Waals surface area (Å²) in [4.78, 5) is 9.02. The van der Waals surface area contributed by atoms with Crippen molar-refractivity contribution in [2.45, 2.75) is 59.4 Å². The van der Waals surface area contributed by atoms with Gasteiger partial charge in [0.2, 0.25) is 0 Å². The number of hydrogen-bond donors (Lipinski definition) is 1. The number of nitrogens with one attached hydrogen (secondary N) is 1. The molecule has 0 radical (unpaired) electrons. The van der Waals surface area contributed by atoms with Gasteiger partial charge in [0.25, 0.3) is 0 Å². The van der Waals surface area contributed by atoms with Gasteiger partial charge in [-0.2, -0.15) is 0 Å². The Labute approximate surface area is 133 Å². The van der Waals surface area contributed by atoms with E-state index in [-0.39, 0.29) is 11.5 Å². The molecule has 0 aromatic carbocycles. The second-order valence-electron chi connectivity index (χ2n) is 6.24. The number of anilines is 1. The molecular weight excluding hydrogens is 278 g/mol. The van der Waals surface area contributed by atoms with Crippen LogP contribution in [0.5, 0.6) is 0 Å². The van der Waals surface area contributed by atoms with Gasteiger partial charge in [0.05, 0.1) is 5.54 Å². The molecule has 118 valence electrons. The number of nitrogens with zero attached hydrogens (tertiary/aromatic N) is 2. The third-order valence-corrected chi connectivity index (χ3v) is 4.73. The van der Waals surface area contributed by atoms with E-state index in [1.807, 2.05) is 18.5 Å². The Morgan fingerprint density at radius 1 is 1.52 bits per heavy atom. The lowest BCUT2D eigenvalue weighted by atomic mass is 9.80. The molecule has 1 aromatic heterocycles. The average molecular weight is 308 g/mol. The van der Waals surface area contributed by atoms with Crippen molar-refractivity contribution in [3.63, 3.8) is 0 Å². The van der Waals surface area contributed by atoms with Gasteiger partial charge in [0.1, 0.15) is 0 Å². The molecule has 0 saturated heterocycles. The lowest BCUT2D eigenvalue weighted by molar-refractivity contribution is 0.319. The molecule has 0 spiro atoms. The number of rotatable bonds is 9. The Kier molecular flexibility index (Phi) is 7.09. The average Bonchev–Trinajstić information content (AvgIpc) is 2.90. The largest absolute Gasteiger partial charge is 0.335 e. The summed E-state index contributed by atoms with van der Waals surface area (Å²) in [6.45, 7) is 15.2. The summed E-state index contributed by atoms with van der Waals surface area (Å²) in [6.07, 6.45) is 7.24. The fraction of sp³-hybridized carbons (Fsp3) is 0.647. The van der Waals surface area contributed by atoms with E-state index in [2.05, 4.69) is 44.6 Å². The smallest absolute Gasteiger partial charge is 0.186 e. The third kappa shape index (κ3) is 5.62. The summed E-state index contributed by atoms with van der Waals surface area (Å²) in [6, 6.07) is 0. The third-order valence-electron chi connectivity index (χ3n) is 4.04. The molecule has 2 unspecified atom stereocenters. The Hall–Kier alpha value is -1.16. The van der Waals surface area contributed by atoms with Crippen LogP contribution in [0.1, 0.15) is 53.9 Å². The van der Waals surface area contributed by atoms with E-state index in [9.17, 15) is 0 Å². The van der Waals surface area contributed by atoms with Crippen molar-refractivity contribution < 1.29 is 0 Å². The minimum atomic E-state index is -0.106. The zero-order chi connectivity index (χ0) is 15.9. The van der Waals surface area contributed by atoms with Crippen molar-refractivity contribution in [1.82, 2.24) is 4.98 Å². The Morgan fingerprint density at radius 3 is 2.76 bits per heavy atom. The summed E-state index contributed by atoms with van der Waals surface area (Å²) in [5.74, 6) is 0.997. The van der Waals surface area contributed by atoms with Crippen LogP contribution < -0.4 is 5.32 Å². The Balaban J connectivity index is 2.70. The number of hydrogen-bond acceptors (Lipinski definition) is 4. The second kappa shape index (κ2) is 8.32. The summed E-state index contributed by atoms with van der Waals surface area (Å²) in [5.41, 5.74) is 0.882. The maximum atomic E-state index is 4.76. The normalized spacial score (nSPS) is 16.1. The summed E-state index contributed by atoms with van der Waals surface area (Å²) >= 11 is 1.59. The van der Waals surface area contributed by atoms with Crippen LogP contribution in [0.25, 0.3) is 0 Å². The predicted molar refractivity (Wildman–Crippen MR) is 95.3 cm³/mol. The van der Waals surface area contributed by atoms with Gasteiger partial charge in [-0.15, -0.1) is 11.3 Å². The molecule has 1 N–H and O–H groups in total. The molecule has 1 heterocycles. The fourth-order valence-electron chi connectivity index (χ4n) is 2.46. The molecule has 0 aliphatic rings. The topological polar surface area (TPSA) is 37.3 Å². The number of aliphatic imine (C=N–C) groups is 1. The van der Waals surface area contributed by atoms with E-state index >= 15 is 0 Å². The molecule has 0 amide bonds. The van der Waals surface area contributed by atoms with Gasteiger partial charge in [-0.25, -0.2) is 4.98 Å². The highest BCUT2D eigenvalue weighted by Crippen LogP contribution is 2.33. The summed E-state index contributed by atoms with van der Waals surface area (Å²) < 4.78 is 0. The molecule has 0 aliphatic carbocycles. The van der Waals surface area contributed by atoms with Crippen LogP contribution in [-0.4, -0.2) is 16.7 Å². The Morgan fingerprint density at radius 2 is 2.24 bits per heavy atom. The van der Waals surface area contributed by atoms with Gasteiger partial charge in [-0.3, -0.25) is 4.99 Å². The predicted octanol–water partition coefficient (Wildman–Crippen LogP) is 5.38. The highest BCUT2D eigenvalue weighted by Gasteiger charge is 2.31. The standard InChI is InChI=1S/C17H29N3S/c1-7-19-17(6,10-8-9-13(2)3)14(4)15(5)20-16-18-11-12-21-16/h7,11-14H,5,8-10H2,1-4,6H3,(H,18,20). The minimum absolute atomic E-state index is 0.106. The molecule has 0 fully saturated rings. The van der Waals surface area contributed by atoms with Crippen molar-refractivity contribution in [3.8, 4) is 0 Å². The van der Waals surface area contributed by atoms with Crippen molar-refractivity contribution in [2.24, 2.45) is 16.8 Å². The molecule has 0 saturated carbocycles. The minimum Gasteiger partial charge on any atom is -0.335 e. The Bertz CT molecular complexity index is 451. The zero-order valence-corrected chi connectivity index (χ0v) is 14.8. The molecule has 1 aromatic rings. The van der Waals surface area contributed by atoms with E-state index in [0.717, 1.165) is 23.2 Å². The molecule has 21 heavy (non-hydrogen) atoms. The fourth-order valence-corrected chi connectivity index (χ4v) is 3.02. The van der Waals surface area contributed by atoms with Gasteiger partial charge in [0, 0.05) is 23.2 Å². The van der Waals surface area contributed by atoms with E-state index in [1.165, 1.54) is 12.8 Å². The monoisotopic (exact) mass is 307 g/mol. The second-order valence-corrected chi connectivity index (χ2v) is 7.13. The summed E-state index contributed by atoms with van der Waals surface area (Å²) in [5, 5.41) is 6.19. The molecule has 4 heteroatoms. The summed E-state index contributed by atoms with van der Waals surface area (Å²) in [7, 11) is 0. The van der Waals surface area contributed by atoms with Gasteiger partial charge in [-0.1, -0.05) is 40.2 Å². The molecule has 0 bridgehead atoms. The van der Waals surface area contributed by atoms with E-state index < -0.39 is 0 Å². The first-order chi connectivity index (χ1) is 9.89. The molecular formula is C17H29N3S. The highest BCUT2D eigenvalue weighted by atomic mass is 32.1. The molecule has 2 atom stereocenters. The maximum Gasteiger partial charge on any atom is 0.186 e. The molecule has 0 aliphatic heterocycles. The van der Waals surface area contributed by atoms with Crippen LogP contribution in [0, 0.1) is 11.8 Å². The lowest BCUT2D eigenvalue weighted by Gasteiger charge is -2.33. The highest BCUT2D eigenvalue weighted by molar-refractivity contribution is 7.13. The van der Waals surface area contributed by atoms with Crippen molar-refractivity contribution in [2.75, 3.05) is 5.32 Å². The SMILES string of the molecule is C=C(Nc1nccs1)C(C)C(C)(CCCC(C)C)N=CC. The van der Waals surface area contributed by atoms with E-state index in [4.69, 9.17) is 4.99 Å². The van der Waals surface area contributed by atoms with Crippen LogP contribution in [0.4, 0.5) is 5.13 Å². The van der Waals surface area contributed by atoms with Gasteiger partial charge in [-0.05, 0) is 32.4 Å². The van der Waals surface area contributed by atoms with Crippen LogP contribution in [-0.2, 0) is 0 Å². The maximum absolute atomic E-state index is 4.76. The van der Waals surface area contributed by atoms with Gasteiger partial charge >= 0.3 is 0 Å². The van der Waals surface area contributed by atoms with Crippen LogP contribution >= 0.6 is 11.3 Å². The van der Waals surface area contributed by atoms with Gasteiger partial charge < -0.3 is 5.32 Å². The number of aromatic nitrogens is 1. The zero-order valence-electron chi connectivity index (χ0n) is 14.0. The van der Waals surface area contributed by atoms with Crippen LogP contribution in [0.15, 0.2) is 28.8 Å². The lowest BCUT2D eigenvalue weighted by Crippen LogP contribution is -2.34. The van der Waals surface area contributed by atoms with E-state index in [1.54, 1.807) is 17.5 Å². The van der Waals surface area contributed by atoms with E-state index in [0.29, 0.717) is 0 Å². The van der Waals surface area contributed by atoms with Crippen molar-refractivity contribution >= 4 is 22.7 Å². The first-order valence-corrected chi connectivity index (χ1v) is 8.62. The first kappa shape index (κ1) is 17.9. The molecule has 1 rings (SSSR count).